The van der Waals surface area contributed by atoms with Gasteiger partial charge in [-0.2, -0.15) is 0 Å². The number of aliphatic hydroxyl groups is 2. The lowest BCUT2D eigenvalue weighted by molar-refractivity contribution is -0.119. The van der Waals surface area contributed by atoms with E-state index in [9.17, 15) is 19.8 Å². The fourth-order valence-electron chi connectivity index (χ4n) is 3.46. The van der Waals surface area contributed by atoms with Gasteiger partial charge in [-0.1, -0.05) is 6.07 Å². The third-order valence-corrected chi connectivity index (χ3v) is 6.23. The summed E-state index contributed by atoms with van der Waals surface area (Å²) in [4.78, 5) is 29.3. The summed E-state index contributed by atoms with van der Waals surface area (Å²) >= 11 is 1.37. The van der Waals surface area contributed by atoms with Gasteiger partial charge in [-0.15, -0.1) is 31.7 Å². The number of anilines is 4. The number of nitrogens with zero attached hydrogens (tertiary/aromatic N) is 5. The number of methoxy groups -OCH3 is 2. The van der Waals surface area contributed by atoms with Gasteiger partial charge in [0.1, 0.15) is 5.01 Å². The Morgan fingerprint density at radius 3 is 2.44 bits per heavy atom. The van der Waals surface area contributed by atoms with Crippen LogP contribution in [0.3, 0.4) is 0 Å². The fourth-order valence-corrected chi connectivity index (χ4v) is 4.34. The minimum atomic E-state index is -3.00. The van der Waals surface area contributed by atoms with E-state index < -0.39 is 11.7 Å². The maximum atomic E-state index is 12.8. The van der Waals surface area contributed by atoms with Crippen LogP contribution in [0.2, 0.25) is 0 Å². The molecule has 210 valence electrons. The van der Waals surface area contributed by atoms with Crippen LogP contribution in [0.4, 0.5) is 23.0 Å². The number of rotatable bonds is 11. The number of hydrogen-bond donors (Lipinski definition) is 6. The molecule has 0 spiro atoms. The zero-order chi connectivity index (χ0) is 29.6. The minimum Gasteiger partial charge on any atom is -0.494 e. The number of ether oxygens (including phenoxy) is 2. The molecule has 0 fully saturated rings. The zero-order valence-electron chi connectivity index (χ0n) is 22.0. The van der Waals surface area contributed by atoms with Crippen molar-refractivity contribution >= 4 is 54.0 Å². The van der Waals surface area contributed by atoms with Crippen molar-refractivity contribution in [2.45, 2.75) is 19.3 Å². The topological polar surface area (TPSA) is 206 Å². The molecule has 0 atom stereocenters. The molecule has 3 aromatic heterocycles. The van der Waals surface area contributed by atoms with E-state index in [1.165, 1.54) is 38.5 Å². The predicted octanol–water partition coefficient (Wildman–Crippen LogP) is 1.02. The average molecular weight is 577 g/mol. The first-order valence-corrected chi connectivity index (χ1v) is 12.6. The molecule has 0 saturated heterocycles. The van der Waals surface area contributed by atoms with E-state index in [1.807, 2.05) is 5.32 Å². The zero-order valence-corrected chi connectivity index (χ0v) is 22.8. The molecule has 0 aliphatic rings. The van der Waals surface area contributed by atoms with Gasteiger partial charge in [0.25, 0.3) is 5.91 Å². The van der Waals surface area contributed by atoms with Crippen LogP contribution in [0.1, 0.15) is 22.3 Å². The van der Waals surface area contributed by atoms with Gasteiger partial charge in [0, 0.05) is 30.1 Å². The quantitative estimate of drug-likeness (QED) is 0.109. The Morgan fingerprint density at radius 2 is 1.78 bits per heavy atom. The summed E-state index contributed by atoms with van der Waals surface area (Å²) < 4.78 is 10.7. The Bertz CT molecular complexity index is 1550. The second kappa shape index (κ2) is 12.5. The predicted molar refractivity (Wildman–Crippen MR) is 149 cm³/mol. The summed E-state index contributed by atoms with van der Waals surface area (Å²) in [5.74, 6) is -2.99. The van der Waals surface area contributed by atoms with Crippen LogP contribution in [0, 0.1) is 0 Å². The lowest BCUT2D eigenvalue weighted by Gasteiger charge is -2.20. The van der Waals surface area contributed by atoms with Crippen molar-refractivity contribution in [1.82, 2.24) is 36.0 Å². The van der Waals surface area contributed by atoms with Gasteiger partial charge in [0.2, 0.25) is 11.8 Å². The van der Waals surface area contributed by atoms with E-state index in [0.29, 0.717) is 40.3 Å². The highest BCUT2D eigenvalue weighted by Gasteiger charge is 2.24. The lowest BCUT2D eigenvalue weighted by Crippen LogP contribution is -2.49. The molecule has 0 aliphatic heterocycles. The normalized spacial score (nSPS) is 11.0. The third kappa shape index (κ3) is 7.62. The van der Waals surface area contributed by atoms with E-state index in [1.54, 1.807) is 36.5 Å². The molecular formula is C24H24BN9O6S. The fraction of sp³-hybridized carbons (Fsp3) is 0.208. The van der Waals surface area contributed by atoms with Crippen LogP contribution in [0.25, 0.3) is 10.6 Å². The summed E-state index contributed by atoms with van der Waals surface area (Å²) in [7, 11) is 8.06. The second-order valence-corrected chi connectivity index (χ2v) is 9.43. The molecule has 0 unspecified atom stereocenters. The first-order chi connectivity index (χ1) is 19.6. The Balaban J connectivity index is 1.69. The molecular weight excluding hydrogens is 553 g/mol. The van der Waals surface area contributed by atoms with Gasteiger partial charge in [0.15, 0.2) is 36.7 Å². The second-order valence-electron chi connectivity index (χ2n) is 8.31. The van der Waals surface area contributed by atoms with Crippen LogP contribution in [0.15, 0.2) is 42.6 Å². The van der Waals surface area contributed by atoms with Gasteiger partial charge in [-0.25, -0.2) is 4.98 Å². The molecule has 1 aromatic carbocycles. The average Bonchev–Trinajstić information content (AvgIpc) is 3.40. The number of aromatic nitrogens is 5. The Labute approximate surface area is 238 Å². The third-order valence-electron chi connectivity index (χ3n) is 5.20. The van der Waals surface area contributed by atoms with E-state index in [0.717, 1.165) is 4.88 Å². The molecule has 3 heterocycles. The maximum Gasteiger partial charge on any atom is 0.277 e. The van der Waals surface area contributed by atoms with E-state index in [-0.39, 0.29) is 23.1 Å². The Hall–Kier alpha value is -4.87. The molecule has 15 nitrogen and oxygen atoms in total. The first-order valence-electron chi connectivity index (χ1n) is 11.8. The number of carbonyl (C=O) groups is 2. The number of amides is 2. The van der Waals surface area contributed by atoms with Gasteiger partial charge in [-0.05, 0) is 18.2 Å². The van der Waals surface area contributed by atoms with Gasteiger partial charge in [-0.3, -0.25) is 9.59 Å². The Kier molecular flexibility index (Phi) is 8.91. The highest BCUT2D eigenvalue weighted by Crippen LogP contribution is 2.40. The molecule has 2 radical (unpaired) electrons. The van der Waals surface area contributed by atoms with Crippen molar-refractivity contribution in [3.63, 3.8) is 0 Å². The van der Waals surface area contributed by atoms with Crippen molar-refractivity contribution in [2.75, 3.05) is 24.9 Å². The number of nitrogens with one attached hydrogen (secondary N) is 4. The maximum absolute atomic E-state index is 12.8. The number of thiazole rings is 1. The molecule has 2 amide bonds. The van der Waals surface area contributed by atoms with E-state index in [2.05, 4.69) is 41.3 Å². The van der Waals surface area contributed by atoms with Gasteiger partial charge >= 0.3 is 0 Å². The van der Waals surface area contributed by atoms with Crippen molar-refractivity contribution in [2.24, 2.45) is 0 Å². The summed E-state index contributed by atoms with van der Waals surface area (Å²) in [5, 5.41) is 45.9. The SMILES string of the molecule is [B]C(O)(O)NC(=O)c1nnc(Nc2ccc(OC)nn2)cc1Nc1cccc(-c2ncc(CNC(C)=O)s2)c1OC. The lowest BCUT2D eigenvalue weighted by atomic mass is 10.0. The molecule has 4 aromatic rings. The number of carbonyl (C=O) groups excluding carboxylic acids is 2. The summed E-state index contributed by atoms with van der Waals surface area (Å²) in [6.07, 6.45) is 1.66. The van der Waals surface area contributed by atoms with Crippen molar-refractivity contribution < 1.29 is 29.3 Å². The monoisotopic (exact) mass is 577 g/mol. The standard InChI is InChI=1S/C24H24BN9O6S/c1-12(35)26-10-13-11-27-23(41-13)14-5-4-6-15(21(14)40-3)28-16-9-18(29-17-7-8-19(39-2)33-31-17)32-34-20(16)22(36)30-24(25,37)38/h4-9,11,37-38H,10H2,1-3H3,(H,26,35)(H,30,36)(H2,28,29,31,32). The van der Waals surface area contributed by atoms with E-state index >= 15 is 0 Å². The van der Waals surface area contributed by atoms with Crippen molar-refractivity contribution in [3.8, 4) is 22.2 Å². The molecule has 17 heteroatoms. The van der Waals surface area contributed by atoms with Crippen molar-refractivity contribution in [3.05, 3.63) is 53.2 Å². The minimum absolute atomic E-state index is 0.103. The highest BCUT2D eigenvalue weighted by molar-refractivity contribution is 7.15. The van der Waals surface area contributed by atoms with Crippen LogP contribution in [0.5, 0.6) is 11.6 Å². The largest absolute Gasteiger partial charge is 0.494 e. The van der Waals surface area contributed by atoms with Gasteiger partial charge in [0.05, 0.1) is 37.7 Å². The van der Waals surface area contributed by atoms with Crippen LogP contribution in [-0.2, 0) is 11.3 Å². The molecule has 41 heavy (non-hydrogen) atoms. The summed E-state index contributed by atoms with van der Waals surface area (Å²) in [5.41, 5.74) is 0.858. The smallest absolute Gasteiger partial charge is 0.277 e. The van der Waals surface area contributed by atoms with Gasteiger partial charge < -0.3 is 41.0 Å². The first kappa shape index (κ1) is 29.1. The Morgan fingerprint density at radius 1 is 1.00 bits per heavy atom. The van der Waals surface area contributed by atoms with E-state index in [4.69, 9.17) is 17.3 Å². The number of benzene rings is 1. The van der Waals surface area contributed by atoms with Crippen LogP contribution >= 0.6 is 11.3 Å². The highest BCUT2D eigenvalue weighted by atomic mass is 32.1. The molecule has 4 rings (SSSR count). The molecule has 0 saturated carbocycles. The number of hydrogen-bond acceptors (Lipinski definition) is 14. The molecule has 0 bridgehead atoms. The molecule has 0 aliphatic carbocycles. The summed E-state index contributed by atoms with van der Waals surface area (Å²) in [6.45, 7) is 1.77. The van der Waals surface area contributed by atoms with Crippen LogP contribution in [-0.4, -0.2) is 75.3 Å². The molecule has 6 N–H and O–H groups in total. The van der Waals surface area contributed by atoms with Crippen LogP contribution < -0.4 is 30.7 Å². The summed E-state index contributed by atoms with van der Waals surface area (Å²) in [6, 6.07) is 9.89. The number of para-hydroxylation sites is 1. The van der Waals surface area contributed by atoms with Crippen molar-refractivity contribution in [1.29, 1.82) is 0 Å².